The highest BCUT2D eigenvalue weighted by Gasteiger charge is 2.20. The summed E-state index contributed by atoms with van der Waals surface area (Å²) < 4.78 is 11.6. The maximum Gasteiger partial charge on any atom is 0.128 e. The molecule has 0 fully saturated rings. The van der Waals surface area contributed by atoms with Gasteiger partial charge in [0.05, 0.1) is 18.2 Å². The summed E-state index contributed by atoms with van der Waals surface area (Å²) in [4.78, 5) is 0. The minimum Gasteiger partial charge on any atom is -0.491 e. The zero-order valence-electron chi connectivity index (χ0n) is 15.4. The number of aliphatic hydroxyl groups excluding tert-OH is 1. The van der Waals surface area contributed by atoms with Crippen molar-refractivity contribution in [3.05, 3.63) is 66.2 Å². The highest BCUT2D eigenvalue weighted by atomic mass is 16.5. The van der Waals surface area contributed by atoms with Gasteiger partial charge in [-0.2, -0.15) is 0 Å². The van der Waals surface area contributed by atoms with Crippen LogP contribution in [0.4, 0.5) is 0 Å². The molecule has 0 radical (unpaired) electrons. The molecule has 3 N–H and O–H groups in total. The molecule has 136 valence electrons. The van der Waals surface area contributed by atoms with E-state index in [0.29, 0.717) is 0 Å². The molecule has 0 heterocycles. The molecule has 0 aliphatic heterocycles. The highest BCUT2D eigenvalue weighted by molar-refractivity contribution is 5.84. The predicted octanol–water partition coefficient (Wildman–Crippen LogP) is 4.59. The Morgan fingerprint density at radius 3 is 2.12 bits per heavy atom. The number of rotatable bonds is 6. The lowest BCUT2D eigenvalue weighted by Crippen LogP contribution is -2.36. The lowest BCUT2D eigenvalue weighted by atomic mass is 9.92. The minimum absolute atomic E-state index is 0.101. The number of ether oxygens (including phenoxy) is 2. The zero-order valence-corrected chi connectivity index (χ0v) is 15.4. The summed E-state index contributed by atoms with van der Waals surface area (Å²) in [6.45, 7) is 5.71. The van der Waals surface area contributed by atoms with Crippen LogP contribution in [0.3, 0.4) is 0 Å². The van der Waals surface area contributed by atoms with E-state index >= 15 is 0 Å². The van der Waals surface area contributed by atoms with Gasteiger partial charge in [-0.25, -0.2) is 0 Å². The smallest absolute Gasteiger partial charge is 0.128 e. The molecule has 0 spiro atoms. The molecule has 4 nitrogen and oxygen atoms in total. The van der Waals surface area contributed by atoms with E-state index in [0.717, 1.165) is 33.6 Å². The Bertz CT molecular complexity index is 886. The summed E-state index contributed by atoms with van der Waals surface area (Å²) in [6, 6.07) is 19.5. The van der Waals surface area contributed by atoms with Crippen molar-refractivity contribution in [2.24, 2.45) is 5.73 Å². The van der Waals surface area contributed by atoms with Crippen molar-refractivity contribution in [3.8, 4) is 17.2 Å². The van der Waals surface area contributed by atoms with Gasteiger partial charge in [0.25, 0.3) is 0 Å². The van der Waals surface area contributed by atoms with Crippen molar-refractivity contribution in [3.63, 3.8) is 0 Å². The molecule has 0 aliphatic rings. The van der Waals surface area contributed by atoms with Crippen molar-refractivity contribution in [1.29, 1.82) is 0 Å². The zero-order chi connectivity index (χ0) is 18.7. The molecule has 4 heteroatoms. The number of hydrogen-bond acceptors (Lipinski definition) is 4. The van der Waals surface area contributed by atoms with Gasteiger partial charge in [0.1, 0.15) is 17.2 Å². The standard InChI is InChI=1S/C22H25NO3/c1-15(2)25-19-8-10-20(11-9-19)26-21-7-5-16-12-18(22(3,23)14-24)6-4-17(16)13-21/h4-13,15,24H,14,23H2,1-3H3/t22-/m0/s1. The van der Waals surface area contributed by atoms with Gasteiger partial charge in [-0.1, -0.05) is 18.2 Å². The summed E-state index contributed by atoms with van der Waals surface area (Å²) in [5.41, 5.74) is 6.28. The third-order valence-electron chi connectivity index (χ3n) is 4.23. The van der Waals surface area contributed by atoms with Gasteiger partial charge in [-0.15, -0.1) is 0 Å². The molecule has 3 aromatic rings. The van der Waals surface area contributed by atoms with E-state index < -0.39 is 5.54 Å². The van der Waals surface area contributed by atoms with Crippen LogP contribution in [0.2, 0.25) is 0 Å². The van der Waals surface area contributed by atoms with Gasteiger partial charge in [0.15, 0.2) is 0 Å². The number of fused-ring (bicyclic) bond motifs is 1. The first-order chi connectivity index (χ1) is 12.4. The van der Waals surface area contributed by atoms with Gasteiger partial charge >= 0.3 is 0 Å². The summed E-state index contributed by atoms with van der Waals surface area (Å²) in [7, 11) is 0. The maximum absolute atomic E-state index is 9.44. The van der Waals surface area contributed by atoms with E-state index in [4.69, 9.17) is 15.2 Å². The number of benzene rings is 3. The third-order valence-corrected chi connectivity index (χ3v) is 4.23. The van der Waals surface area contributed by atoms with Crippen molar-refractivity contribution in [2.45, 2.75) is 32.4 Å². The Hall–Kier alpha value is -2.56. The third kappa shape index (κ3) is 4.15. The van der Waals surface area contributed by atoms with E-state index in [1.165, 1.54) is 0 Å². The van der Waals surface area contributed by atoms with E-state index in [1.807, 2.05) is 81.4 Å². The van der Waals surface area contributed by atoms with Crippen LogP contribution in [0.15, 0.2) is 60.7 Å². The summed E-state index contributed by atoms with van der Waals surface area (Å²) >= 11 is 0. The first-order valence-electron chi connectivity index (χ1n) is 8.76. The van der Waals surface area contributed by atoms with Crippen LogP contribution >= 0.6 is 0 Å². The second-order valence-corrected chi connectivity index (χ2v) is 7.04. The maximum atomic E-state index is 9.44. The molecule has 0 unspecified atom stereocenters. The van der Waals surface area contributed by atoms with Crippen LogP contribution in [0.5, 0.6) is 17.2 Å². The van der Waals surface area contributed by atoms with E-state index in [2.05, 4.69) is 0 Å². The van der Waals surface area contributed by atoms with Crippen LogP contribution in [0.25, 0.3) is 10.8 Å². The normalized spacial score (nSPS) is 13.6. The van der Waals surface area contributed by atoms with Gasteiger partial charge in [0.2, 0.25) is 0 Å². The minimum atomic E-state index is -0.747. The van der Waals surface area contributed by atoms with E-state index in [-0.39, 0.29) is 12.7 Å². The topological polar surface area (TPSA) is 64.7 Å². The quantitative estimate of drug-likeness (QED) is 0.682. The highest BCUT2D eigenvalue weighted by Crippen LogP contribution is 2.29. The molecule has 0 amide bonds. The van der Waals surface area contributed by atoms with Gasteiger partial charge < -0.3 is 20.3 Å². The molecule has 0 bridgehead atoms. The Kier molecular flexibility index (Phi) is 5.16. The van der Waals surface area contributed by atoms with Crippen LogP contribution < -0.4 is 15.2 Å². The largest absolute Gasteiger partial charge is 0.491 e. The first-order valence-corrected chi connectivity index (χ1v) is 8.76. The molecule has 0 aliphatic carbocycles. The Balaban J connectivity index is 1.80. The fraction of sp³-hybridized carbons (Fsp3) is 0.273. The van der Waals surface area contributed by atoms with Gasteiger partial charge in [0, 0.05) is 0 Å². The van der Waals surface area contributed by atoms with E-state index in [9.17, 15) is 5.11 Å². The Morgan fingerprint density at radius 1 is 0.885 bits per heavy atom. The summed E-state index contributed by atoms with van der Waals surface area (Å²) in [6.07, 6.45) is 0.147. The van der Waals surface area contributed by atoms with Crippen LogP contribution in [-0.4, -0.2) is 17.8 Å². The Labute approximate surface area is 154 Å². The molecule has 0 aromatic heterocycles. The molecular formula is C22H25NO3. The molecule has 26 heavy (non-hydrogen) atoms. The molecule has 1 atom stereocenters. The average Bonchev–Trinajstić information content (AvgIpc) is 2.62. The fourth-order valence-electron chi connectivity index (χ4n) is 2.73. The van der Waals surface area contributed by atoms with Gasteiger partial charge in [-0.3, -0.25) is 0 Å². The second kappa shape index (κ2) is 7.36. The Morgan fingerprint density at radius 2 is 1.46 bits per heavy atom. The predicted molar refractivity (Wildman–Crippen MR) is 105 cm³/mol. The number of aliphatic hydroxyl groups is 1. The number of hydrogen-bond donors (Lipinski definition) is 2. The van der Waals surface area contributed by atoms with Crippen molar-refractivity contribution in [1.82, 2.24) is 0 Å². The summed E-state index contributed by atoms with van der Waals surface area (Å²) in [5, 5.41) is 11.6. The molecule has 0 saturated carbocycles. The SMILES string of the molecule is CC(C)Oc1ccc(Oc2ccc3cc([C@@](C)(N)CO)ccc3c2)cc1. The number of nitrogens with two attached hydrogens (primary N) is 1. The first kappa shape index (κ1) is 18.2. The fourth-order valence-corrected chi connectivity index (χ4v) is 2.73. The lowest BCUT2D eigenvalue weighted by molar-refractivity contribution is 0.210. The average molecular weight is 351 g/mol. The van der Waals surface area contributed by atoms with Crippen LogP contribution in [0.1, 0.15) is 26.3 Å². The van der Waals surface area contributed by atoms with Crippen molar-refractivity contribution >= 4 is 10.8 Å². The summed E-state index contributed by atoms with van der Waals surface area (Å²) in [5.74, 6) is 2.35. The molecule has 3 aromatic carbocycles. The molecular weight excluding hydrogens is 326 g/mol. The van der Waals surface area contributed by atoms with Crippen LogP contribution in [0, 0.1) is 0 Å². The van der Waals surface area contributed by atoms with Gasteiger partial charge in [-0.05, 0) is 79.6 Å². The van der Waals surface area contributed by atoms with Crippen molar-refractivity contribution < 1.29 is 14.6 Å². The van der Waals surface area contributed by atoms with E-state index in [1.54, 1.807) is 0 Å². The van der Waals surface area contributed by atoms with Crippen LogP contribution in [-0.2, 0) is 5.54 Å². The monoisotopic (exact) mass is 351 g/mol. The molecule has 3 rings (SSSR count). The lowest BCUT2D eigenvalue weighted by Gasteiger charge is -2.22. The molecule has 0 saturated heterocycles. The van der Waals surface area contributed by atoms with Crippen molar-refractivity contribution in [2.75, 3.05) is 6.61 Å². The second-order valence-electron chi connectivity index (χ2n) is 7.04.